The summed E-state index contributed by atoms with van der Waals surface area (Å²) in [7, 11) is 1.30. The molecule has 0 bridgehead atoms. The summed E-state index contributed by atoms with van der Waals surface area (Å²) in [6.45, 7) is 4.53. The van der Waals surface area contributed by atoms with E-state index in [1.807, 2.05) is 13.8 Å². The number of nitrogens with one attached hydrogen (secondary N) is 2. The molecule has 0 radical (unpaired) electrons. The molecule has 0 fully saturated rings. The first kappa shape index (κ1) is 21.8. The van der Waals surface area contributed by atoms with E-state index >= 15 is 0 Å². The summed E-state index contributed by atoms with van der Waals surface area (Å²) in [5.74, 6) is -0.147. The van der Waals surface area contributed by atoms with Crippen molar-refractivity contribution in [2.24, 2.45) is 5.92 Å². The molecular formula is C20H21BrN2O4S. The summed E-state index contributed by atoms with van der Waals surface area (Å²) in [6.07, 6.45) is 0. The minimum Gasteiger partial charge on any atom is -0.492 e. The molecule has 28 heavy (non-hydrogen) atoms. The Morgan fingerprint density at radius 2 is 1.86 bits per heavy atom. The van der Waals surface area contributed by atoms with Crippen LogP contribution in [0.3, 0.4) is 0 Å². The van der Waals surface area contributed by atoms with Gasteiger partial charge in [-0.25, -0.2) is 4.79 Å². The summed E-state index contributed by atoms with van der Waals surface area (Å²) in [4.78, 5) is 24.6. The van der Waals surface area contributed by atoms with E-state index in [2.05, 4.69) is 26.6 Å². The van der Waals surface area contributed by atoms with E-state index in [9.17, 15) is 9.59 Å². The zero-order chi connectivity index (χ0) is 20.7. The number of methoxy groups -OCH3 is 1. The van der Waals surface area contributed by atoms with Crippen LogP contribution in [0, 0.1) is 5.92 Å². The van der Waals surface area contributed by atoms with Crippen LogP contribution >= 0.6 is 28.1 Å². The Balaban J connectivity index is 2.14. The third-order valence-corrected chi connectivity index (χ3v) is 4.26. The van der Waals surface area contributed by atoms with Crippen LogP contribution in [0.2, 0.25) is 0 Å². The number of carbonyl (C=O) groups excluding carboxylic acids is 2. The van der Waals surface area contributed by atoms with Gasteiger partial charge in [0.15, 0.2) is 5.11 Å². The Bertz CT molecular complexity index is 886. The quantitative estimate of drug-likeness (QED) is 0.487. The predicted octanol–water partition coefficient (Wildman–Crippen LogP) is 4.40. The van der Waals surface area contributed by atoms with Gasteiger partial charge in [-0.1, -0.05) is 41.9 Å². The number of hydrogen-bond acceptors (Lipinski definition) is 5. The van der Waals surface area contributed by atoms with Gasteiger partial charge in [-0.05, 0) is 48.5 Å². The molecule has 2 aromatic rings. The van der Waals surface area contributed by atoms with Gasteiger partial charge < -0.3 is 14.8 Å². The summed E-state index contributed by atoms with van der Waals surface area (Å²) < 4.78 is 11.2. The standard InChI is InChI=1S/C20H21BrN2O4S/c1-12(2)11-27-17-9-8-13(21)10-15(17)18(24)23-20(28)22-16-7-5-4-6-14(16)19(25)26-3/h4-10,12H,11H2,1-3H3,(H2,22,23,24,28). The molecule has 2 N–H and O–H groups in total. The lowest BCUT2D eigenvalue weighted by atomic mass is 10.1. The first-order valence-electron chi connectivity index (χ1n) is 8.53. The number of ether oxygens (including phenoxy) is 2. The van der Waals surface area contributed by atoms with E-state index < -0.39 is 11.9 Å². The van der Waals surface area contributed by atoms with Gasteiger partial charge in [0.25, 0.3) is 5.91 Å². The maximum Gasteiger partial charge on any atom is 0.339 e. The molecule has 0 aliphatic carbocycles. The van der Waals surface area contributed by atoms with Crippen molar-refractivity contribution in [3.63, 3.8) is 0 Å². The average Bonchev–Trinajstić information content (AvgIpc) is 2.66. The minimum atomic E-state index is -0.506. The maximum absolute atomic E-state index is 12.7. The highest BCUT2D eigenvalue weighted by atomic mass is 79.9. The first-order valence-corrected chi connectivity index (χ1v) is 9.74. The number of thiocarbonyl (C=S) groups is 1. The van der Waals surface area contributed by atoms with Crippen molar-refractivity contribution in [1.29, 1.82) is 0 Å². The van der Waals surface area contributed by atoms with Crippen molar-refractivity contribution in [3.05, 3.63) is 58.1 Å². The van der Waals surface area contributed by atoms with Crippen molar-refractivity contribution < 1.29 is 19.1 Å². The fraction of sp³-hybridized carbons (Fsp3) is 0.250. The molecular weight excluding hydrogens is 444 g/mol. The second kappa shape index (κ2) is 10.2. The molecule has 0 aromatic heterocycles. The third kappa shape index (κ3) is 6.03. The number of carbonyl (C=O) groups is 2. The van der Waals surface area contributed by atoms with E-state index in [-0.39, 0.29) is 5.11 Å². The van der Waals surface area contributed by atoms with Crippen molar-refractivity contribution in [3.8, 4) is 5.75 Å². The molecule has 0 atom stereocenters. The lowest BCUT2D eigenvalue weighted by Gasteiger charge is -2.15. The minimum absolute atomic E-state index is 0.0520. The lowest BCUT2D eigenvalue weighted by Crippen LogP contribution is -2.34. The number of amides is 1. The van der Waals surface area contributed by atoms with Gasteiger partial charge in [0.2, 0.25) is 0 Å². The first-order chi connectivity index (χ1) is 13.3. The third-order valence-electron chi connectivity index (χ3n) is 3.57. The topological polar surface area (TPSA) is 76.7 Å². The van der Waals surface area contributed by atoms with E-state index in [0.29, 0.717) is 35.1 Å². The number of esters is 1. The molecule has 0 saturated heterocycles. The van der Waals surface area contributed by atoms with E-state index in [1.54, 1.807) is 42.5 Å². The van der Waals surface area contributed by atoms with Crippen molar-refractivity contribution in [1.82, 2.24) is 5.32 Å². The largest absolute Gasteiger partial charge is 0.492 e. The molecule has 0 aliphatic heterocycles. The van der Waals surface area contributed by atoms with Gasteiger partial charge in [-0.15, -0.1) is 0 Å². The Hall–Kier alpha value is -2.45. The predicted molar refractivity (Wildman–Crippen MR) is 116 cm³/mol. The van der Waals surface area contributed by atoms with Gasteiger partial charge in [0, 0.05) is 4.47 Å². The summed E-state index contributed by atoms with van der Waals surface area (Å²) in [5, 5.41) is 5.52. The van der Waals surface area contributed by atoms with Gasteiger partial charge in [-0.2, -0.15) is 0 Å². The number of rotatable bonds is 6. The van der Waals surface area contributed by atoms with Crippen LogP contribution < -0.4 is 15.4 Å². The highest BCUT2D eigenvalue weighted by Crippen LogP contribution is 2.24. The molecule has 0 aliphatic rings. The van der Waals surface area contributed by atoms with Crippen LogP contribution in [-0.4, -0.2) is 30.7 Å². The van der Waals surface area contributed by atoms with Gasteiger partial charge in [-0.3, -0.25) is 10.1 Å². The molecule has 8 heteroatoms. The van der Waals surface area contributed by atoms with Gasteiger partial charge in [0.1, 0.15) is 5.75 Å². The van der Waals surface area contributed by atoms with Crippen LogP contribution in [0.1, 0.15) is 34.6 Å². The highest BCUT2D eigenvalue weighted by Gasteiger charge is 2.17. The van der Waals surface area contributed by atoms with Crippen molar-refractivity contribution in [2.45, 2.75) is 13.8 Å². The van der Waals surface area contributed by atoms with E-state index in [4.69, 9.17) is 21.7 Å². The molecule has 0 heterocycles. The average molecular weight is 465 g/mol. The maximum atomic E-state index is 12.7. The zero-order valence-electron chi connectivity index (χ0n) is 15.7. The van der Waals surface area contributed by atoms with Gasteiger partial charge >= 0.3 is 5.97 Å². The van der Waals surface area contributed by atoms with Gasteiger partial charge in [0.05, 0.1) is 30.5 Å². The fourth-order valence-electron chi connectivity index (χ4n) is 2.27. The smallest absolute Gasteiger partial charge is 0.339 e. The fourth-order valence-corrected chi connectivity index (χ4v) is 2.83. The molecule has 1 amide bonds. The number of hydrogen-bond donors (Lipinski definition) is 2. The number of para-hydroxylation sites is 1. The van der Waals surface area contributed by atoms with E-state index in [1.165, 1.54) is 7.11 Å². The number of halogens is 1. The Morgan fingerprint density at radius 3 is 2.54 bits per heavy atom. The molecule has 148 valence electrons. The SMILES string of the molecule is COC(=O)c1ccccc1NC(=S)NC(=O)c1cc(Br)ccc1OCC(C)C. The Morgan fingerprint density at radius 1 is 1.14 bits per heavy atom. The van der Waals surface area contributed by atoms with Crippen LogP contribution in [0.15, 0.2) is 46.9 Å². The monoisotopic (exact) mass is 464 g/mol. The Labute approximate surface area is 177 Å². The zero-order valence-corrected chi connectivity index (χ0v) is 18.1. The molecule has 6 nitrogen and oxygen atoms in total. The summed E-state index contributed by atoms with van der Waals surface area (Å²) in [5.41, 5.74) is 1.09. The normalized spacial score (nSPS) is 10.3. The van der Waals surface area contributed by atoms with E-state index in [0.717, 1.165) is 4.47 Å². The number of anilines is 1. The van der Waals surface area contributed by atoms with Crippen LogP contribution in [-0.2, 0) is 4.74 Å². The van der Waals surface area contributed by atoms with Crippen LogP contribution in [0.4, 0.5) is 5.69 Å². The lowest BCUT2D eigenvalue weighted by molar-refractivity contribution is 0.0602. The second-order valence-electron chi connectivity index (χ2n) is 6.29. The van der Waals surface area contributed by atoms with Crippen LogP contribution in [0.5, 0.6) is 5.75 Å². The molecule has 0 saturated carbocycles. The Kier molecular flexibility index (Phi) is 7.95. The molecule has 0 spiro atoms. The van der Waals surface area contributed by atoms with Crippen LogP contribution in [0.25, 0.3) is 0 Å². The number of benzene rings is 2. The molecule has 2 rings (SSSR count). The van der Waals surface area contributed by atoms with Crippen molar-refractivity contribution >= 4 is 50.8 Å². The second-order valence-corrected chi connectivity index (χ2v) is 7.61. The highest BCUT2D eigenvalue weighted by molar-refractivity contribution is 9.10. The summed E-state index contributed by atoms with van der Waals surface area (Å²) >= 11 is 8.59. The summed E-state index contributed by atoms with van der Waals surface area (Å²) in [6, 6.07) is 11.9. The molecule has 0 unspecified atom stereocenters. The molecule has 2 aromatic carbocycles. The van der Waals surface area contributed by atoms with Crippen molar-refractivity contribution in [2.75, 3.05) is 19.0 Å².